The summed E-state index contributed by atoms with van der Waals surface area (Å²) in [4.78, 5) is 23.4. The Balaban J connectivity index is 1.71. The average Bonchev–Trinajstić information content (AvgIpc) is 3.00. The van der Waals surface area contributed by atoms with Gasteiger partial charge in [0, 0.05) is 12.5 Å². The molecule has 7 nitrogen and oxygen atoms in total. The van der Waals surface area contributed by atoms with E-state index < -0.39 is 36.3 Å². The molecule has 4 atom stereocenters. The van der Waals surface area contributed by atoms with Gasteiger partial charge < -0.3 is 24.3 Å². The van der Waals surface area contributed by atoms with Crippen LogP contribution >= 0.6 is 0 Å². The predicted octanol–water partition coefficient (Wildman–Crippen LogP) is 1.22. The number of esters is 1. The van der Waals surface area contributed by atoms with E-state index in [0.29, 0.717) is 5.56 Å². The molecule has 1 amide bonds. The molecule has 2 fully saturated rings. The molecule has 0 aromatic heterocycles. The van der Waals surface area contributed by atoms with Crippen LogP contribution < -0.4 is 5.32 Å². The van der Waals surface area contributed by atoms with E-state index in [0.717, 1.165) is 0 Å². The van der Waals surface area contributed by atoms with Gasteiger partial charge in [0.05, 0.1) is 0 Å². The van der Waals surface area contributed by atoms with Gasteiger partial charge in [-0.1, -0.05) is 18.2 Å². The van der Waals surface area contributed by atoms with Crippen LogP contribution in [0.3, 0.4) is 0 Å². The number of ether oxygens (including phenoxy) is 4. The highest BCUT2D eigenvalue weighted by Gasteiger charge is 2.55. The van der Waals surface area contributed by atoms with Crippen molar-refractivity contribution in [2.24, 2.45) is 0 Å². The van der Waals surface area contributed by atoms with Crippen molar-refractivity contribution in [1.29, 1.82) is 0 Å². The van der Waals surface area contributed by atoms with Gasteiger partial charge in [-0.25, -0.2) is 0 Å². The number of fused-ring (bicyclic) bond motifs is 1. The lowest BCUT2D eigenvalue weighted by Gasteiger charge is -2.24. The predicted molar refractivity (Wildman–Crippen MR) is 83.0 cm³/mol. The van der Waals surface area contributed by atoms with Crippen molar-refractivity contribution in [3.63, 3.8) is 0 Å². The van der Waals surface area contributed by atoms with E-state index in [9.17, 15) is 9.59 Å². The van der Waals surface area contributed by atoms with E-state index in [-0.39, 0.29) is 12.5 Å². The molecule has 0 aliphatic carbocycles. The van der Waals surface area contributed by atoms with E-state index in [1.54, 1.807) is 38.1 Å². The number of amides is 1. The molecular formula is C17H21NO6. The number of hydrogen-bond donors (Lipinski definition) is 1. The van der Waals surface area contributed by atoms with E-state index in [2.05, 4.69) is 5.32 Å². The molecule has 1 N–H and O–H groups in total. The highest BCUT2D eigenvalue weighted by atomic mass is 16.8. The summed E-state index contributed by atoms with van der Waals surface area (Å²) >= 11 is 0. The molecule has 24 heavy (non-hydrogen) atoms. The van der Waals surface area contributed by atoms with E-state index in [1.807, 2.05) is 6.07 Å². The highest BCUT2D eigenvalue weighted by Crippen LogP contribution is 2.38. The number of carbonyl (C=O) groups excluding carboxylic acids is 2. The summed E-state index contributed by atoms with van der Waals surface area (Å²) in [5, 5.41) is 2.82. The molecule has 2 saturated heterocycles. The first-order chi connectivity index (χ1) is 11.4. The Morgan fingerprint density at radius 2 is 1.83 bits per heavy atom. The summed E-state index contributed by atoms with van der Waals surface area (Å²) in [6, 6.07) is 8.84. The van der Waals surface area contributed by atoms with Crippen molar-refractivity contribution in [2.45, 2.75) is 51.1 Å². The molecule has 1 aromatic rings. The Morgan fingerprint density at radius 3 is 2.50 bits per heavy atom. The molecule has 0 bridgehead atoms. The van der Waals surface area contributed by atoms with Gasteiger partial charge in [-0.3, -0.25) is 9.59 Å². The first kappa shape index (κ1) is 16.9. The van der Waals surface area contributed by atoms with Crippen molar-refractivity contribution in [2.75, 3.05) is 6.61 Å². The summed E-state index contributed by atoms with van der Waals surface area (Å²) in [6.45, 7) is 4.97. The third kappa shape index (κ3) is 3.58. The van der Waals surface area contributed by atoms with Crippen molar-refractivity contribution in [3.05, 3.63) is 35.9 Å². The molecule has 2 heterocycles. The first-order valence-corrected chi connectivity index (χ1v) is 7.86. The zero-order chi connectivity index (χ0) is 17.3. The molecule has 2 aliphatic heterocycles. The lowest BCUT2D eigenvalue weighted by Crippen LogP contribution is -2.43. The van der Waals surface area contributed by atoms with Crippen LogP contribution in [0.15, 0.2) is 30.3 Å². The Kier molecular flexibility index (Phi) is 4.58. The van der Waals surface area contributed by atoms with Crippen LogP contribution in [0.4, 0.5) is 0 Å². The Morgan fingerprint density at radius 1 is 1.17 bits per heavy atom. The molecule has 130 valence electrons. The fraction of sp³-hybridized carbons (Fsp3) is 0.529. The minimum absolute atomic E-state index is 0.0493. The van der Waals surface area contributed by atoms with Gasteiger partial charge in [0.15, 0.2) is 12.0 Å². The molecule has 0 spiro atoms. The smallest absolute Gasteiger partial charge is 0.302 e. The zero-order valence-electron chi connectivity index (χ0n) is 13.9. The van der Waals surface area contributed by atoms with Gasteiger partial charge in [0.2, 0.25) is 0 Å². The van der Waals surface area contributed by atoms with Gasteiger partial charge in [-0.05, 0) is 26.0 Å². The normalized spacial score (nSPS) is 30.6. The summed E-state index contributed by atoms with van der Waals surface area (Å²) in [6.07, 6.45) is -2.06. The third-order valence-corrected chi connectivity index (χ3v) is 3.91. The molecule has 0 radical (unpaired) electrons. The second-order valence-corrected chi connectivity index (χ2v) is 6.30. The number of rotatable bonds is 4. The highest BCUT2D eigenvalue weighted by molar-refractivity contribution is 5.94. The number of hydrogen-bond acceptors (Lipinski definition) is 6. The third-order valence-electron chi connectivity index (χ3n) is 3.91. The monoisotopic (exact) mass is 335 g/mol. The number of carbonyl (C=O) groups is 2. The van der Waals surface area contributed by atoms with Crippen molar-refractivity contribution >= 4 is 11.9 Å². The summed E-state index contributed by atoms with van der Waals surface area (Å²) in [7, 11) is 0. The zero-order valence-corrected chi connectivity index (χ0v) is 13.9. The van der Waals surface area contributed by atoms with Gasteiger partial charge in [0.1, 0.15) is 24.9 Å². The van der Waals surface area contributed by atoms with E-state index >= 15 is 0 Å². The van der Waals surface area contributed by atoms with Crippen LogP contribution in [0.5, 0.6) is 0 Å². The van der Waals surface area contributed by atoms with E-state index in [4.69, 9.17) is 18.9 Å². The average molecular weight is 335 g/mol. The SMILES string of the molecule is CC(=O)OC[C@H]1O[C@@H](NC(=O)c2ccccc2)[C@@H]2OC(C)(C)O[C@@H]21. The van der Waals surface area contributed by atoms with Crippen LogP contribution in [0.2, 0.25) is 0 Å². The second-order valence-electron chi connectivity index (χ2n) is 6.30. The quantitative estimate of drug-likeness (QED) is 0.833. The van der Waals surface area contributed by atoms with Gasteiger partial charge in [-0.15, -0.1) is 0 Å². The Labute approximate surface area is 140 Å². The molecular weight excluding hydrogens is 314 g/mol. The van der Waals surface area contributed by atoms with Crippen molar-refractivity contribution in [3.8, 4) is 0 Å². The Hall–Kier alpha value is -1.96. The largest absolute Gasteiger partial charge is 0.463 e. The minimum atomic E-state index is -0.788. The number of nitrogens with one attached hydrogen (secondary N) is 1. The van der Waals surface area contributed by atoms with Gasteiger partial charge in [0.25, 0.3) is 5.91 Å². The molecule has 2 aliphatic rings. The van der Waals surface area contributed by atoms with Crippen molar-refractivity contribution in [1.82, 2.24) is 5.32 Å². The maximum Gasteiger partial charge on any atom is 0.302 e. The van der Waals surface area contributed by atoms with Crippen LogP contribution in [0.25, 0.3) is 0 Å². The molecule has 1 aromatic carbocycles. The van der Waals surface area contributed by atoms with Crippen LogP contribution in [0.1, 0.15) is 31.1 Å². The summed E-state index contributed by atoms with van der Waals surface area (Å²) in [5.74, 6) is -1.45. The fourth-order valence-electron chi connectivity index (χ4n) is 2.93. The second kappa shape index (κ2) is 6.51. The minimum Gasteiger partial charge on any atom is -0.463 e. The number of benzene rings is 1. The van der Waals surface area contributed by atoms with Crippen LogP contribution in [0, 0.1) is 0 Å². The van der Waals surface area contributed by atoms with Gasteiger partial charge >= 0.3 is 5.97 Å². The van der Waals surface area contributed by atoms with Crippen molar-refractivity contribution < 1.29 is 28.5 Å². The molecule has 0 unspecified atom stereocenters. The maximum absolute atomic E-state index is 12.4. The molecule has 3 rings (SSSR count). The van der Waals surface area contributed by atoms with E-state index in [1.165, 1.54) is 6.92 Å². The maximum atomic E-state index is 12.4. The summed E-state index contributed by atoms with van der Waals surface area (Å²) in [5.41, 5.74) is 0.527. The fourth-order valence-corrected chi connectivity index (χ4v) is 2.93. The molecule has 7 heteroatoms. The lowest BCUT2D eigenvalue weighted by atomic mass is 10.1. The van der Waals surface area contributed by atoms with Crippen LogP contribution in [-0.2, 0) is 23.7 Å². The molecule has 0 saturated carbocycles. The Bertz CT molecular complexity index is 617. The first-order valence-electron chi connectivity index (χ1n) is 7.86. The lowest BCUT2D eigenvalue weighted by molar-refractivity contribution is -0.194. The van der Waals surface area contributed by atoms with Crippen LogP contribution in [-0.4, -0.2) is 48.8 Å². The summed E-state index contributed by atoms with van der Waals surface area (Å²) < 4.78 is 22.5. The standard InChI is InChI=1S/C17H21NO6/c1-10(19)21-9-12-13-14(24-17(2,3)23-13)16(22-12)18-15(20)11-7-5-4-6-8-11/h4-8,12-14,16H,9H2,1-3H3,(H,18,20)/t12-,13-,14-,16-/m1/s1. The van der Waals surface area contributed by atoms with Gasteiger partial charge in [-0.2, -0.15) is 0 Å². The topological polar surface area (TPSA) is 83.1 Å².